The second kappa shape index (κ2) is 6.85. The summed E-state index contributed by atoms with van der Waals surface area (Å²) in [4.78, 5) is 28.9. The van der Waals surface area contributed by atoms with Crippen LogP contribution in [0, 0.1) is 5.82 Å². The predicted octanol–water partition coefficient (Wildman–Crippen LogP) is 2.92. The van der Waals surface area contributed by atoms with Crippen molar-refractivity contribution in [2.45, 2.75) is 12.1 Å². The minimum Gasteiger partial charge on any atom is -0.434 e. The van der Waals surface area contributed by atoms with Gasteiger partial charge in [0.1, 0.15) is 5.82 Å². The molecule has 1 aromatic heterocycles. The van der Waals surface area contributed by atoms with Gasteiger partial charge >= 0.3 is 6.09 Å². The fourth-order valence-corrected chi connectivity index (χ4v) is 3.02. The molecule has 2 amide bonds. The van der Waals surface area contributed by atoms with E-state index < -0.39 is 30.0 Å². The number of cyclic esters (lactones) is 1. The van der Waals surface area contributed by atoms with E-state index in [-0.39, 0.29) is 11.6 Å². The summed E-state index contributed by atoms with van der Waals surface area (Å²) in [5.41, 5.74) is 6.29. The van der Waals surface area contributed by atoms with Crippen LogP contribution in [-0.4, -0.2) is 34.5 Å². The molecule has 25 heavy (non-hydrogen) atoms. The fourth-order valence-electron chi connectivity index (χ4n) is 2.65. The molecule has 130 valence electrons. The lowest BCUT2D eigenvalue weighted by molar-refractivity contribution is -0.124. The first-order chi connectivity index (χ1) is 11.9. The highest BCUT2D eigenvalue weighted by atomic mass is 35.5. The summed E-state index contributed by atoms with van der Waals surface area (Å²) in [6.45, 7) is -0.0552. The maximum Gasteiger partial charge on any atom is 0.411 e. The number of pyridine rings is 1. The van der Waals surface area contributed by atoms with Gasteiger partial charge in [-0.25, -0.2) is 9.18 Å². The van der Waals surface area contributed by atoms with Crippen molar-refractivity contribution in [3.63, 3.8) is 0 Å². The zero-order valence-corrected chi connectivity index (χ0v) is 14.2. The molecule has 1 aliphatic heterocycles. The molecule has 3 rings (SSSR count). The van der Waals surface area contributed by atoms with Crippen LogP contribution in [0.3, 0.4) is 0 Å². The van der Waals surface area contributed by atoms with Crippen LogP contribution in [0.2, 0.25) is 10.0 Å². The molecule has 1 fully saturated rings. The minimum atomic E-state index is -1.07. The molecular formula is C16H12Cl2FN3O3. The van der Waals surface area contributed by atoms with Crippen molar-refractivity contribution in [2.24, 2.45) is 5.73 Å². The molecule has 6 nitrogen and oxygen atoms in total. The molecule has 2 atom stereocenters. The van der Waals surface area contributed by atoms with Gasteiger partial charge in [-0.15, -0.1) is 0 Å². The van der Waals surface area contributed by atoms with E-state index in [1.54, 1.807) is 6.07 Å². The number of hydrogen-bond acceptors (Lipinski definition) is 4. The molecule has 0 spiro atoms. The summed E-state index contributed by atoms with van der Waals surface area (Å²) in [5, 5.41) is 0.256. The monoisotopic (exact) mass is 383 g/mol. The fraction of sp³-hybridized carbons (Fsp3) is 0.188. The molecule has 1 saturated heterocycles. The SMILES string of the molecule is NC(=O)C1CN([C@@H](c2cncc(Cl)c2)c2ccc(F)c(Cl)c2)C(=O)O1. The largest absolute Gasteiger partial charge is 0.434 e. The number of hydrogen-bond donors (Lipinski definition) is 1. The van der Waals surface area contributed by atoms with E-state index in [1.807, 2.05) is 0 Å². The maximum atomic E-state index is 13.5. The summed E-state index contributed by atoms with van der Waals surface area (Å²) < 4.78 is 18.5. The summed E-state index contributed by atoms with van der Waals surface area (Å²) in [7, 11) is 0. The Morgan fingerprint density at radius 3 is 2.68 bits per heavy atom. The highest BCUT2D eigenvalue weighted by molar-refractivity contribution is 6.31. The van der Waals surface area contributed by atoms with Gasteiger partial charge < -0.3 is 10.5 Å². The Morgan fingerprint density at radius 2 is 2.08 bits per heavy atom. The Balaban J connectivity index is 2.07. The summed E-state index contributed by atoms with van der Waals surface area (Å²) in [6.07, 6.45) is 1.15. The van der Waals surface area contributed by atoms with Gasteiger partial charge in [-0.05, 0) is 29.3 Å². The van der Waals surface area contributed by atoms with Crippen molar-refractivity contribution < 1.29 is 18.7 Å². The zero-order valence-electron chi connectivity index (χ0n) is 12.7. The van der Waals surface area contributed by atoms with Crippen LogP contribution in [0.5, 0.6) is 0 Å². The maximum absolute atomic E-state index is 13.5. The molecular weight excluding hydrogens is 372 g/mol. The van der Waals surface area contributed by atoms with Gasteiger partial charge in [-0.1, -0.05) is 29.3 Å². The molecule has 1 aliphatic rings. The predicted molar refractivity (Wildman–Crippen MR) is 88.7 cm³/mol. The quantitative estimate of drug-likeness (QED) is 0.879. The lowest BCUT2D eigenvalue weighted by Gasteiger charge is -2.26. The first-order valence-corrected chi connectivity index (χ1v) is 7.94. The number of amides is 2. The molecule has 0 bridgehead atoms. The van der Waals surface area contributed by atoms with Crippen LogP contribution in [0.25, 0.3) is 0 Å². The number of carbonyl (C=O) groups excluding carboxylic acids is 2. The van der Waals surface area contributed by atoms with Gasteiger partial charge in [0.05, 0.1) is 22.6 Å². The van der Waals surface area contributed by atoms with Crippen molar-refractivity contribution in [1.29, 1.82) is 0 Å². The standard InChI is InChI=1S/C16H12Cl2FN3O3/c17-10-3-9(5-21-6-10)14(8-1-2-12(19)11(18)4-8)22-7-13(15(20)23)25-16(22)24/h1-6,13-14H,7H2,(H2,20,23)/t13?,14-/m1/s1. The van der Waals surface area contributed by atoms with E-state index >= 15 is 0 Å². The van der Waals surface area contributed by atoms with Crippen LogP contribution < -0.4 is 5.73 Å². The lowest BCUT2D eigenvalue weighted by atomic mass is 9.98. The molecule has 0 saturated carbocycles. The second-order valence-electron chi connectivity index (χ2n) is 5.44. The third kappa shape index (κ3) is 3.52. The molecule has 1 unspecified atom stereocenters. The Labute approximate surface area is 152 Å². The molecule has 0 aliphatic carbocycles. The molecule has 2 aromatic rings. The summed E-state index contributed by atoms with van der Waals surface area (Å²) >= 11 is 11.9. The van der Waals surface area contributed by atoms with E-state index in [9.17, 15) is 14.0 Å². The first-order valence-electron chi connectivity index (χ1n) is 7.19. The van der Waals surface area contributed by atoms with Crippen molar-refractivity contribution in [3.05, 3.63) is 63.6 Å². The van der Waals surface area contributed by atoms with Crippen molar-refractivity contribution in [1.82, 2.24) is 9.88 Å². The van der Waals surface area contributed by atoms with Gasteiger partial charge in [0, 0.05) is 12.4 Å². The number of nitrogens with zero attached hydrogens (tertiary/aromatic N) is 2. The number of halogens is 3. The number of ether oxygens (including phenoxy) is 1. The summed E-state index contributed by atoms with van der Waals surface area (Å²) in [5.74, 6) is -1.34. The van der Waals surface area contributed by atoms with Gasteiger partial charge in [0.25, 0.3) is 5.91 Å². The normalized spacial score (nSPS) is 18.1. The van der Waals surface area contributed by atoms with E-state index in [0.29, 0.717) is 16.1 Å². The van der Waals surface area contributed by atoms with E-state index in [0.717, 1.165) is 0 Å². The van der Waals surface area contributed by atoms with Crippen LogP contribution in [0.4, 0.5) is 9.18 Å². The average Bonchev–Trinajstić information content (AvgIpc) is 2.93. The van der Waals surface area contributed by atoms with Crippen LogP contribution in [0.15, 0.2) is 36.7 Å². The van der Waals surface area contributed by atoms with Crippen molar-refractivity contribution >= 4 is 35.2 Å². The highest BCUT2D eigenvalue weighted by Gasteiger charge is 2.40. The molecule has 9 heteroatoms. The van der Waals surface area contributed by atoms with Gasteiger partial charge in [-0.2, -0.15) is 0 Å². The lowest BCUT2D eigenvalue weighted by Crippen LogP contribution is -2.34. The van der Waals surface area contributed by atoms with Gasteiger partial charge in [0.15, 0.2) is 6.10 Å². The molecule has 2 heterocycles. The second-order valence-corrected chi connectivity index (χ2v) is 6.28. The van der Waals surface area contributed by atoms with Crippen molar-refractivity contribution in [2.75, 3.05) is 6.54 Å². The Hall–Kier alpha value is -2.38. The number of rotatable bonds is 4. The number of aromatic nitrogens is 1. The third-order valence-corrected chi connectivity index (χ3v) is 4.27. The first kappa shape index (κ1) is 17.4. The number of nitrogens with two attached hydrogens (primary N) is 1. The number of primary amides is 1. The smallest absolute Gasteiger partial charge is 0.411 e. The minimum absolute atomic E-state index is 0.0552. The molecule has 0 radical (unpaired) electrons. The molecule has 1 aromatic carbocycles. The Kier molecular flexibility index (Phi) is 4.78. The number of benzene rings is 1. The number of carbonyl (C=O) groups is 2. The van der Waals surface area contributed by atoms with Crippen LogP contribution in [0.1, 0.15) is 17.2 Å². The van der Waals surface area contributed by atoms with Crippen molar-refractivity contribution in [3.8, 4) is 0 Å². The molecule has 2 N–H and O–H groups in total. The van der Waals surface area contributed by atoms with Gasteiger partial charge in [0.2, 0.25) is 0 Å². The van der Waals surface area contributed by atoms with Gasteiger partial charge in [-0.3, -0.25) is 14.7 Å². The topological polar surface area (TPSA) is 85.5 Å². The van der Waals surface area contributed by atoms with E-state index in [4.69, 9.17) is 33.7 Å². The van der Waals surface area contributed by atoms with E-state index in [2.05, 4.69) is 4.98 Å². The van der Waals surface area contributed by atoms with Crippen LogP contribution >= 0.6 is 23.2 Å². The summed E-state index contributed by atoms with van der Waals surface area (Å²) in [6, 6.07) is 4.96. The zero-order chi connectivity index (χ0) is 18.1. The average molecular weight is 384 g/mol. The van der Waals surface area contributed by atoms with Crippen LogP contribution in [-0.2, 0) is 9.53 Å². The van der Waals surface area contributed by atoms with E-state index in [1.165, 1.54) is 35.5 Å². The Bertz CT molecular complexity index is 849. The Morgan fingerprint density at radius 1 is 1.32 bits per heavy atom. The third-order valence-electron chi connectivity index (χ3n) is 3.77. The highest BCUT2D eigenvalue weighted by Crippen LogP contribution is 2.34.